The number of unbranched alkanes of at least 4 members (excludes halogenated alkanes) is 8. The average Bonchev–Trinajstić information content (AvgIpc) is 2.43. The molecule has 0 N–H and O–H groups in total. The molecule has 0 aliphatic heterocycles. The summed E-state index contributed by atoms with van der Waals surface area (Å²) in [6.45, 7) is 9.26. The van der Waals surface area contributed by atoms with Crippen molar-refractivity contribution in [3.05, 3.63) is 0 Å². The van der Waals surface area contributed by atoms with E-state index in [9.17, 15) is 0 Å². The van der Waals surface area contributed by atoms with Crippen LogP contribution >= 0.6 is 0 Å². The van der Waals surface area contributed by atoms with Gasteiger partial charge in [0.2, 0.25) is 0 Å². The van der Waals surface area contributed by atoms with E-state index in [-0.39, 0.29) is 0 Å². The first kappa shape index (κ1) is 20.0. The zero-order valence-corrected chi connectivity index (χ0v) is 15.1. The lowest BCUT2D eigenvalue weighted by molar-refractivity contribution is 0.169. The molecule has 0 bridgehead atoms. The van der Waals surface area contributed by atoms with Crippen molar-refractivity contribution in [1.29, 1.82) is 0 Å². The first-order valence-corrected chi connectivity index (χ1v) is 9.35. The van der Waals surface area contributed by atoms with Crippen LogP contribution in [0.3, 0.4) is 0 Å². The fraction of sp³-hybridized carbons (Fsp3) is 1.00. The SMILES string of the molecule is CCCCCCCC(CCCCCCC)N(C)C(C)C. The van der Waals surface area contributed by atoms with Crippen molar-refractivity contribution >= 4 is 0 Å². The fourth-order valence-electron chi connectivity index (χ4n) is 2.94. The first-order chi connectivity index (χ1) is 9.63. The Kier molecular flexibility index (Phi) is 13.9. The second-order valence-electron chi connectivity index (χ2n) is 6.82. The summed E-state index contributed by atoms with van der Waals surface area (Å²) in [5, 5.41) is 0. The summed E-state index contributed by atoms with van der Waals surface area (Å²) >= 11 is 0. The molecule has 122 valence electrons. The molecule has 0 heterocycles. The van der Waals surface area contributed by atoms with E-state index in [0.29, 0.717) is 6.04 Å². The van der Waals surface area contributed by atoms with Gasteiger partial charge in [0.15, 0.2) is 0 Å². The number of hydrogen-bond acceptors (Lipinski definition) is 1. The van der Waals surface area contributed by atoms with Crippen molar-refractivity contribution in [1.82, 2.24) is 4.90 Å². The molecule has 1 nitrogen and oxygen atoms in total. The number of hydrogen-bond donors (Lipinski definition) is 0. The lowest BCUT2D eigenvalue weighted by Gasteiger charge is -2.31. The largest absolute Gasteiger partial charge is 0.301 e. The van der Waals surface area contributed by atoms with Gasteiger partial charge in [-0.2, -0.15) is 0 Å². The maximum absolute atomic E-state index is 2.61. The van der Waals surface area contributed by atoms with Gasteiger partial charge in [-0.3, -0.25) is 0 Å². The zero-order chi connectivity index (χ0) is 15.2. The summed E-state index contributed by atoms with van der Waals surface area (Å²) in [7, 11) is 2.33. The van der Waals surface area contributed by atoms with E-state index in [0.717, 1.165) is 6.04 Å². The summed E-state index contributed by atoms with van der Waals surface area (Å²) in [6, 6.07) is 1.50. The number of nitrogens with zero attached hydrogens (tertiary/aromatic N) is 1. The molecule has 0 aromatic rings. The Labute approximate surface area is 129 Å². The summed E-state index contributed by atoms with van der Waals surface area (Å²) in [4.78, 5) is 2.61. The van der Waals surface area contributed by atoms with Crippen molar-refractivity contribution in [2.75, 3.05) is 7.05 Å². The second kappa shape index (κ2) is 13.9. The molecule has 0 saturated heterocycles. The molecule has 0 aliphatic carbocycles. The van der Waals surface area contributed by atoms with Gasteiger partial charge in [-0.15, -0.1) is 0 Å². The fourth-order valence-corrected chi connectivity index (χ4v) is 2.94. The molecule has 0 atom stereocenters. The highest BCUT2D eigenvalue weighted by atomic mass is 15.1. The van der Waals surface area contributed by atoms with Crippen LogP contribution in [0.25, 0.3) is 0 Å². The summed E-state index contributed by atoms with van der Waals surface area (Å²) in [6.07, 6.45) is 17.0. The molecular formula is C19H41N. The van der Waals surface area contributed by atoms with E-state index < -0.39 is 0 Å². The first-order valence-electron chi connectivity index (χ1n) is 9.35. The lowest BCUT2D eigenvalue weighted by Crippen LogP contribution is -2.37. The van der Waals surface area contributed by atoms with Gasteiger partial charge in [0.05, 0.1) is 0 Å². The maximum Gasteiger partial charge on any atom is 0.00949 e. The van der Waals surface area contributed by atoms with E-state index in [1.54, 1.807) is 0 Å². The van der Waals surface area contributed by atoms with E-state index in [1.807, 2.05) is 0 Å². The Morgan fingerprint density at radius 1 is 0.650 bits per heavy atom. The van der Waals surface area contributed by atoms with Crippen molar-refractivity contribution in [2.45, 2.75) is 117 Å². The molecule has 1 heteroatoms. The van der Waals surface area contributed by atoms with Gasteiger partial charge in [0.1, 0.15) is 0 Å². The van der Waals surface area contributed by atoms with Crippen molar-refractivity contribution in [2.24, 2.45) is 0 Å². The highest BCUT2D eigenvalue weighted by molar-refractivity contribution is 4.72. The Hall–Kier alpha value is -0.0400. The van der Waals surface area contributed by atoms with Crippen molar-refractivity contribution < 1.29 is 0 Å². The highest BCUT2D eigenvalue weighted by Gasteiger charge is 2.16. The van der Waals surface area contributed by atoms with E-state index in [2.05, 4.69) is 39.6 Å². The van der Waals surface area contributed by atoms with Gasteiger partial charge in [-0.05, 0) is 33.7 Å². The molecule has 0 spiro atoms. The zero-order valence-electron chi connectivity index (χ0n) is 15.1. The second-order valence-corrected chi connectivity index (χ2v) is 6.82. The third-order valence-electron chi connectivity index (χ3n) is 4.67. The van der Waals surface area contributed by atoms with Crippen LogP contribution < -0.4 is 0 Å². The Bertz CT molecular complexity index is 174. The van der Waals surface area contributed by atoms with Gasteiger partial charge in [0.25, 0.3) is 0 Å². The minimum Gasteiger partial charge on any atom is -0.301 e. The smallest absolute Gasteiger partial charge is 0.00949 e. The molecule has 20 heavy (non-hydrogen) atoms. The molecule has 0 aromatic heterocycles. The minimum absolute atomic E-state index is 0.686. The molecule has 0 aromatic carbocycles. The van der Waals surface area contributed by atoms with Crippen LogP contribution in [-0.2, 0) is 0 Å². The quantitative estimate of drug-likeness (QED) is 0.333. The Morgan fingerprint density at radius 3 is 1.40 bits per heavy atom. The van der Waals surface area contributed by atoms with Gasteiger partial charge in [-0.25, -0.2) is 0 Å². The predicted molar refractivity (Wildman–Crippen MR) is 93.4 cm³/mol. The molecule has 0 rings (SSSR count). The molecular weight excluding hydrogens is 242 g/mol. The van der Waals surface area contributed by atoms with Crippen molar-refractivity contribution in [3.8, 4) is 0 Å². The lowest BCUT2D eigenvalue weighted by atomic mass is 9.98. The molecule has 0 aliphatic rings. The third-order valence-corrected chi connectivity index (χ3v) is 4.67. The maximum atomic E-state index is 2.61. The van der Waals surface area contributed by atoms with E-state index >= 15 is 0 Å². The summed E-state index contributed by atoms with van der Waals surface area (Å²) < 4.78 is 0. The van der Waals surface area contributed by atoms with Crippen LogP contribution in [-0.4, -0.2) is 24.0 Å². The minimum atomic E-state index is 0.686. The van der Waals surface area contributed by atoms with Crippen LogP contribution in [0.5, 0.6) is 0 Å². The highest BCUT2D eigenvalue weighted by Crippen LogP contribution is 2.19. The van der Waals surface area contributed by atoms with Gasteiger partial charge in [0, 0.05) is 12.1 Å². The van der Waals surface area contributed by atoms with E-state index in [1.165, 1.54) is 77.0 Å². The monoisotopic (exact) mass is 283 g/mol. The molecule has 0 fully saturated rings. The normalized spacial score (nSPS) is 12.0. The topological polar surface area (TPSA) is 3.24 Å². The van der Waals surface area contributed by atoms with Crippen LogP contribution in [0.15, 0.2) is 0 Å². The average molecular weight is 284 g/mol. The van der Waals surface area contributed by atoms with Gasteiger partial charge in [-0.1, -0.05) is 78.1 Å². The summed E-state index contributed by atoms with van der Waals surface area (Å²) in [5.74, 6) is 0. The molecule has 0 amide bonds. The van der Waals surface area contributed by atoms with Crippen molar-refractivity contribution in [3.63, 3.8) is 0 Å². The Balaban J connectivity index is 3.89. The van der Waals surface area contributed by atoms with E-state index in [4.69, 9.17) is 0 Å². The molecule has 0 radical (unpaired) electrons. The van der Waals surface area contributed by atoms with Gasteiger partial charge >= 0.3 is 0 Å². The van der Waals surface area contributed by atoms with Crippen LogP contribution in [0.1, 0.15) is 105 Å². The number of rotatable bonds is 14. The van der Waals surface area contributed by atoms with Crippen LogP contribution in [0.4, 0.5) is 0 Å². The predicted octanol–water partition coefficient (Wildman–Crippen LogP) is 6.42. The van der Waals surface area contributed by atoms with Crippen LogP contribution in [0.2, 0.25) is 0 Å². The van der Waals surface area contributed by atoms with Crippen LogP contribution in [0, 0.1) is 0 Å². The Morgan fingerprint density at radius 2 is 1.05 bits per heavy atom. The van der Waals surface area contributed by atoms with Gasteiger partial charge < -0.3 is 4.90 Å². The molecule has 0 saturated carbocycles. The third kappa shape index (κ3) is 10.7. The molecule has 0 unspecified atom stereocenters. The standard InChI is InChI=1S/C19H41N/c1-6-8-10-12-14-16-19(20(5)18(3)4)17-15-13-11-9-7-2/h18-19H,6-17H2,1-5H3. The summed E-state index contributed by atoms with van der Waals surface area (Å²) in [5.41, 5.74) is 0.